The predicted octanol–water partition coefficient (Wildman–Crippen LogP) is 3.91. The first-order chi connectivity index (χ1) is 17.8. The minimum absolute atomic E-state index is 0.0703. The van der Waals surface area contributed by atoms with Crippen LogP contribution < -0.4 is 21.9 Å². The van der Waals surface area contributed by atoms with Crippen molar-refractivity contribution < 1.29 is 8.78 Å². The van der Waals surface area contributed by atoms with Crippen LogP contribution in [-0.4, -0.2) is 15.7 Å². The molecule has 1 aromatic heterocycles. The molecule has 0 unspecified atom stereocenters. The Balaban J connectivity index is 1.65. The molecule has 1 aliphatic heterocycles. The van der Waals surface area contributed by atoms with Gasteiger partial charge in [0.1, 0.15) is 17.3 Å². The highest BCUT2D eigenvalue weighted by molar-refractivity contribution is 5.52. The molecule has 2 heterocycles. The molecular formula is C29H28F2N4O2. The Labute approximate surface area is 213 Å². The maximum absolute atomic E-state index is 14.6. The number of hydrogen-bond acceptors (Lipinski definition) is 4. The van der Waals surface area contributed by atoms with E-state index in [0.717, 1.165) is 34.2 Å². The first-order valence-corrected chi connectivity index (χ1v) is 12.2. The molecule has 8 heteroatoms. The fraction of sp³-hybridized carbons (Fsp3) is 0.241. The zero-order valence-electron chi connectivity index (χ0n) is 20.5. The van der Waals surface area contributed by atoms with E-state index in [2.05, 4.69) is 6.07 Å². The van der Waals surface area contributed by atoms with Crippen molar-refractivity contribution in [1.82, 2.24) is 9.13 Å². The highest BCUT2D eigenvalue weighted by atomic mass is 19.1. The number of nitrogens with two attached hydrogens (primary N) is 1. The van der Waals surface area contributed by atoms with Crippen molar-refractivity contribution >= 4 is 5.69 Å². The molecule has 0 fully saturated rings. The maximum Gasteiger partial charge on any atom is 0.331 e. The van der Waals surface area contributed by atoms with Crippen LogP contribution in [0.1, 0.15) is 34.0 Å². The molecule has 0 saturated carbocycles. The zero-order valence-corrected chi connectivity index (χ0v) is 20.5. The van der Waals surface area contributed by atoms with E-state index >= 15 is 0 Å². The van der Waals surface area contributed by atoms with Gasteiger partial charge in [0.2, 0.25) is 0 Å². The second kappa shape index (κ2) is 10.1. The third kappa shape index (κ3) is 4.72. The van der Waals surface area contributed by atoms with Gasteiger partial charge in [0.05, 0.1) is 13.1 Å². The van der Waals surface area contributed by atoms with Gasteiger partial charge in [0.15, 0.2) is 0 Å². The third-order valence-corrected chi connectivity index (χ3v) is 7.09. The summed E-state index contributed by atoms with van der Waals surface area (Å²) in [6.07, 6.45) is 0.736. The van der Waals surface area contributed by atoms with E-state index in [9.17, 15) is 18.4 Å². The van der Waals surface area contributed by atoms with Gasteiger partial charge in [-0.05, 0) is 42.2 Å². The van der Waals surface area contributed by atoms with Gasteiger partial charge in [0.25, 0.3) is 5.56 Å². The van der Waals surface area contributed by atoms with Gasteiger partial charge >= 0.3 is 5.69 Å². The third-order valence-electron chi connectivity index (χ3n) is 7.09. The molecule has 0 radical (unpaired) electrons. The molecule has 0 saturated heterocycles. The number of aromatic nitrogens is 2. The average molecular weight is 503 g/mol. The number of benzene rings is 3. The Bertz CT molecular complexity index is 1540. The van der Waals surface area contributed by atoms with E-state index in [1.54, 1.807) is 6.92 Å². The summed E-state index contributed by atoms with van der Waals surface area (Å²) < 4.78 is 31.5. The highest BCUT2D eigenvalue weighted by Gasteiger charge is 2.26. The maximum atomic E-state index is 14.6. The Hall–Kier alpha value is -4.04. The Kier molecular flexibility index (Phi) is 6.76. The fourth-order valence-electron chi connectivity index (χ4n) is 5.03. The first kappa shape index (κ1) is 24.6. The van der Waals surface area contributed by atoms with Gasteiger partial charge in [0, 0.05) is 30.4 Å². The van der Waals surface area contributed by atoms with E-state index in [1.807, 2.05) is 53.4 Å². The van der Waals surface area contributed by atoms with Crippen molar-refractivity contribution in [3.8, 4) is 0 Å². The standard InChI is InChI=1S/C29H28F2N4O2/c1-19-27(33-15-14-20-8-5-6-11-22(20)16-33)28(36)35(18-26(32)21-9-3-2-4-10-21)29(37)34(19)17-23-24(30)12-7-13-25(23)31/h2-13,26H,14-18,32H2,1H3/t26-/m1/s1. The molecule has 37 heavy (non-hydrogen) atoms. The van der Waals surface area contributed by atoms with Gasteiger partial charge in [-0.3, -0.25) is 13.9 Å². The summed E-state index contributed by atoms with van der Waals surface area (Å²) in [4.78, 5) is 29.4. The van der Waals surface area contributed by atoms with Crippen LogP contribution in [0.4, 0.5) is 14.5 Å². The monoisotopic (exact) mass is 502 g/mol. The van der Waals surface area contributed by atoms with E-state index in [-0.39, 0.29) is 18.7 Å². The molecule has 0 aliphatic carbocycles. The topological polar surface area (TPSA) is 73.3 Å². The van der Waals surface area contributed by atoms with Crippen LogP contribution >= 0.6 is 0 Å². The van der Waals surface area contributed by atoms with Crippen molar-refractivity contribution in [3.05, 3.63) is 133 Å². The first-order valence-electron chi connectivity index (χ1n) is 12.2. The molecule has 1 aliphatic rings. The largest absolute Gasteiger partial charge is 0.361 e. The second-order valence-electron chi connectivity index (χ2n) is 9.38. The highest BCUT2D eigenvalue weighted by Crippen LogP contribution is 2.25. The number of halogens is 2. The van der Waals surface area contributed by atoms with E-state index in [0.29, 0.717) is 24.5 Å². The quantitative estimate of drug-likeness (QED) is 0.434. The zero-order chi connectivity index (χ0) is 26.1. The minimum atomic E-state index is -0.751. The Morgan fingerprint density at radius 3 is 2.22 bits per heavy atom. The number of rotatable bonds is 6. The smallest absolute Gasteiger partial charge is 0.331 e. The van der Waals surface area contributed by atoms with Gasteiger partial charge in [-0.1, -0.05) is 60.7 Å². The number of nitrogens with zero attached hydrogens (tertiary/aromatic N) is 3. The number of hydrogen-bond donors (Lipinski definition) is 1. The molecule has 3 aromatic carbocycles. The lowest BCUT2D eigenvalue weighted by Crippen LogP contribution is -2.47. The van der Waals surface area contributed by atoms with Gasteiger partial charge in [-0.25, -0.2) is 13.6 Å². The summed E-state index contributed by atoms with van der Waals surface area (Å²) >= 11 is 0. The van der Waals surface area contributed by atoms with E-state index in [4.69, 9.17) is 5.73 Å². The van der Waals surface area contributed by atoms with Gasteiger partial charge in [-0.15, -0.1) is 0 Å². The molecule has 190 valence electrons. The van der Waals surface area contributed by atoms with E-state index in [1.165, 1.54) is 16.2 Å². The van der Waals surface area contributed by atoms with Crippen LogP contribution in [0, 0.1) is 18.6 Å². The molecule has 0 bridgehead atoms. The summed E-state index contributed by atoms with van der Waals surface area (Å²) in [7, 11) is 0. The van der Waals surface area contributed by atoms with Crippen LogP contribution in [-0.2, 0) is 26.1 Å². The lowest BCUT2D eigenvalue weighted by atomic mass is 9.99. The Morgan fingerprint density at radius 1 is 0.865 bits per heavy atom. The molecule has 6 nitrogen and oxygen atoms in total. The summed E-state index contributed by atoms with van der Waals surface area (Å²) in [6, 6.07) is 20.2. The predicted molar refractivity (Wildman–Crippen MR) is 140 cm³/mol. The normalized spacial score (nSPS) is 13.9. The van der Waals surface area contributed by atoms with Gasteiger partial charge in [-0.2, -0.15) is 0 Å². The molecule has 4 aromatic rings. The molecule has 0 amide bonds. The molecule has 1 atom stereocenters. The number of fused-ring (bicyclic) bond motifs is 1. The minimum Gasteiger partial charge on any atom is -0.361 e. The Morgan fingerprint density at radius 2 is 1.51 bits per heavy atom. The van der Waals surface area contributed by atoms with Crippen molar-refractivity contribution in [1.29, 1.82) is 0 Å². The number of anilines is 1. The molecule has 5 rings (SSSR count). The summed E-state index contributed by atoms with van der Waals surface area (Å²) in [6.45, 7) is 2.30. The summed E-state index contributed by atoms with van der Waals surface area (Å²) in [5.41, 5.74) is 8.84. The summed E-state index contributed by atoms with van der Waals surface area (Å²) in [5.74, 6) is -1.50. The van der Waals surface area contributed by atoms with Gasteiger partial charge < -0.3 is 10.6 Å². The second-order valence-corrected chi connectivity index (χ2v) is 9.38. The van der Waals surface area contributed by atoms with Crippen LogP contribution in [0.3, 0.4) is 0 Å². The molecule has 0 spiro atoms. The van der Waals surface area contributed by atoms with Crippen molar-refractivity contribution in [3.63, 3.8) is 0 Å². The van der Waals surface area contributed by atoms with Crippen molar-refractivity contribution in [2.75, 3.05) is 11.4 Å². The molecular weight excluding hydrogens is 474 g/mol. The summed E-state index contributed by atoms with van der Waals surface area (Å²) in [5, 5.41) is 0. The van der Waals surface area contributed by atoms with Crippen molar-refractivity contribution in [2.45, 2.75) is 39.0 Å². The van der Waals surface area contributed by atoms with Crippen LogP contribution in [0.2, 0.25) is 0 Å². The van der Waals surface area contributed by atoms with Crippen LogP contribution in [0.15, 0.2) is 82.4 Å². The van der Waals surface area contributed by atoms with Crippen LogP contribution in [0.5, 0.6) is 0 Å². The van der Waals surface area contributed by atoms with E-state index < -0.39 is 28.9 Å². The average Bonchev–Trinajstić information content (AvgIpc) is 2.91. The SMILES string of the molecule is Cc1c(N2CCc3ccccc3C2)c(=O)n(C[C@@H](N)c2ccccc2)c(=O)n1Cc1c(F)cccc1F. The molecule has 2 N–H and O–H groups in total. The van der Waals surface area contributed by atoms with Crippen LogP contribution in [0.25, 0.3) is 0 Å². The lowest BCUT2D eigenvalue weighted by Gasteiger charge is -2.32. The lowest BCUT2D eigenvalue weighted by molar-refractivity contribution is 0.490. The fourth-order valence-corrected chi connectivity index (χ4v) is 5.03. The van der Waals surface area contributed by atoms with Crippen molar-refractivity contribution in [2.24, 2.45) is 5.73 Å².